The number of ether oxygens (including phenoxy) is 1. The van der Waals surface area contributed by atoms with E-state index in [1.165, 1.54) is 0 Å². The van der Waals surface area contributed by atoms with Crippen LogP contribution in [0, 0.1) is 0 Å². The van der Waals surface area contributed by atoms with E-state index in [0.29, 0.717) is 5.02 Å². The van der Waals surface area contributed by atoms with Gasteiger partial charge in [0.15, 0.2) is 0 Å². The highest BCUT2D eigenvalue weighted by Gasteiger charge is 2.32. The summed E-state index contributed by atoms with van der Waals surface area (Å²) in [5.41, 5.74) is 3.03. The number of hydrogen-bond acceptors (Lipinski definition) is 4. The molecule has 1 unspecified atom stereocenters. The van der Waals surface area contributed by atoms with Crippen molar-refractivity contribution in [2.45, 2.75) is 25.5 Å². The molecule has 0 fully saturated rings. The van der Waals surface area contributed by atoms with Gasteiger partial charge in [-0.2, -0.15) is 0 Å². The molecule has 0 aliphatic rings. The average molecular weight is 269 g/mol. The fourth-order valence-corrected chi connectivity index (χ4v) is 2.10. The minimum absolute atomic E-state index is 0.242. The second-order valence-corrected chi connectivity index (χ2v) is 5.17. The van der Waals surface area contributed by atoms with Gasteiger partial charge in [-0.25, -0.2) is 5.43 Å². The van der Waals surface area contributed by atoms with Crippen molar-refractivity contribution in [1.82, 2.24) is 5.43 Å². The van der Waals surface area contributed by atoms with Crippen LogP contribution in [0.25, 0.3) is 11.0 Å². The number of benzene rings is 1. The van der Waals surface area contributed by atoms with Gasteiger partial charge in [0.05, 0.1) is 5.60 Å². The molecule has 5 heteroatoms. The van der Waals surface area contributed by atoms with Crippen LogP contribution in [0.15, 0.2) is 28.7 Å². The normalized spacial score (nSPS) is 14.1. The smallest absolute Gasteiger partial charge is 0.134 e. The molecule has 0 amide bonds. The molecule has 4 nitrogen and oxygen atoms in total. The first-order valence-corrected chi connectivity index (χ1v) is 6.06. The lowest BCUT2D eigenvalue weighted by molar-refractivity contribution is -0.0165. The first-order chi connectivity index (χ1) is 8.47. The van der Waals surface area contributed by atoms with Crippen molar-refractivity contribution >= 4 is 22.6 Å². The number of methoxy groups -OCH3 is 1. The zero-order valence-corrected chi connectivity index (χ0v) is 11.4. The van der Waals surface area contributed by atoms with E-state index in [9.17, 15) is 0 Å². The van der Waals surface area contributed by atoms with Gasteiger partial charge in [0.25, 0.3) is 0 Å². The highest BCUT2D eigenvalue weighted by atomic mass is 35.5. The molecule has 98 valence electrons. The Kier molecular flexibility index (Phi) is 3.64. The highest BCUT2D eigenvalue weighted by Crippen LogP contribution is 2.32. The molecular formula is C13H17ClN2O2. The van der Waals surface area contributed by atoms with Crippen molar-refractivity contribution in [3.8, 4) is 0 Å². The summed E-state index contributed by atoms with van der Waals surface area (Å²) in [6.45, 7) is 3.88. The van der Waals surface area contributed by atoms with E-state index < -0.39 is 5.60 Å². The Morgan fingerprint density at radius 1 is 1.39 bits per heavy atom. The van der Waals surface area contributed by atoms with E-state index in [4.69, 9.17) is 26.6 Å². The molecule has 1 atom stereocenters. The van der Waals surface area contributed by atoms with Crippen LogP contribution < -0.4 is 11.3 Å². The molecular weight excluding hydrogens is 252 g/mol. The molecule has 2 rings (SSSR count). The largest absolute Gasteiger partial charge is 0.459 e. The molecule has 1 aromatic heterocycles. The maximum Gasteiger partial charge on any atom is 0.134 e. The second-order valence-electron chi connectivity index (χ2n) is 4.74. The molecule has 0 saturated heterocycles. The molecule has 0 spiro atoms. The molecule has 1 heterocycles. The Balaban J connectivity index is 2.46. The van der Waals surface area contributed by atoms with Crippen molar-refractivity contribution in [2.24, 2.45) is 5.84 Å². The van der Waals surface area contributed by atoms with Gasteiger partial charge in [0.1, 0.15) is 17.4 Å². The molecule has 3 N–H and O–H groups in total. The van der Waals surface area contributed by atoms with E-state index in [-0.39, 0.29) is 6.04 Å². The topological polar surface area (TPSA) is 60.4 Å². The van der Waals surface area contributed by atoms with Crippen molar-refractivity contribution in [3.05, 3.63) is 35.0 Å². The Hall–Kier alpha value is -1.07. The molecule has 1 aromatic carbocycles. The van der Waals surface area contributed by atoms with Gasteiger partial charge in [-0.05, 0) is 38.1 Å². The van der Waals surface area contributed by atoms with Gasteiger partial charge in [-0.3, -0.25) is 5.84 Å². The zero-order valence-electron chi connectivity index (χ0n) is 10.7. The third-order valence-electron chi connectivity index (χ3n) is 3.17. The van der Waals surface area contributed by atoms with Crippen LogP contribution in [-0.2, 0) is 4.74 Å². The van der Waals surface area contributed by atoms with Gasteiger partial charge < -0.3 is 9.15 Å². The van der Waals surface area contributed by atoms with E-state index in [0.717, 1.165) is 16.7 Å². The number of hydrogen-bond donors (Lipinski definition) is 2. The average Bonchev–Trinajstić information content (AvgIpc) is 2.72. The summed E-state index contributed by atoms with van der Waals surface area (Å²) in [4.78, 5) is 0. The van der Waals surface area contributed by atoms with Gasteiger partial charge in [-0.1, -0.05) is 11.6 Å². The molecule has 2 aromatic rings. The summed E-state index contributed by atoms with van der Waals surface area (Å²) in [6.07, 6.45) is 0. The molecule has 0 bridgehead atoms. The third-order valence-corrected chi connectivity index (χ3v) is 3.40. The minimum atomic E-state index is -0.480. The summed E-state index contributed by atoms with van der Waals surface area (Å²) in [6, 6.07) is 7.18. The number of halogens is 1. The molecule has 0 radical (unpaired) electrons. The van der Waals surface area contributed by atoms with Crippen LogP contribution in [0.2, 0.25) is 5.02 Å². The van der Waals surface area contributed by atoms with Crippen molar-refractivity contribution < 1.29 is 9.15 Å². The lowest BCUT2D eigenvalue weighted by Gasteiger charge is -2.30. The van der Waals surface area contributed by atoms with E-state index in [1.54, 1.807) is 13.2 Å². The molecule has 0 aliphatic heterocycles. The van der Waals surface area contributed by atoms with Crippen LogP contribution in [-0.4, -0.2) is 12.7 Å². The van der Waals surface area contributed by atoms with Gasteiger partial charge in [-0.15, -0.1) is 0 Å². The Morgan fingerprint density at radius 3 is 2.72 bits per heavy atom. The predicted octanol–water partition coefficient (Wildman–Crippen LogP) is 3.02. The van der Waals surface area contributed by atoms with Crippen LogP contribution >= 0.6 is 11.6 Å². The quantitative estimate of drug-likeness (QED) is 0.661. The number of nitrogens with one attached hydrogen (secondary N) is 1. The minimum Gasteiger partial charge on any atom is -0.459 e. The Bertz CT molecular complexity index is 551. The highest BCUT2D eigenvalue weighted by molar-refractivity contribution is 6.31. The summed E-state index contributed by atoms with van der Waals surface area (Å²) >= 11 is 5.95. The first-order valence-electron chi connectivity index (χ1n) is 5.68. The van der Waals surface area contributed by atoms with Crippen LogP contribution in [0.5, 0.6) is 0 Å². The lowest BCUT2D eigenvalue weighted by atomic mass is 9.97. The monoisotopic (exact) mass is 268 g/mol. The number of rotatable bonds is 4. The van der Waals surface area contributed by atoms with E-state index >= 15 is 0 Å². The van der Waals surface area contributed by atoms with E-state index in [2.05, 4.69) is 5.43 Å². The summed E-state index contributed by atoms with van der Waals surface area (Å²) in [5, 5.41) is 1.63. The molecule has 18 heavy (non-hydrogen) atoms. The number of nitrogens with two attached hydrogens (primary N) is 1. The zero-order chi connectivity index (χ0) is 13.3. The first kappa shape index (κ1) is 13.4. The fourth-order valence-electron chi connectivity index (χ4n) is 1.92. The maximum absolute atomic E-state index is 5.95. The van der Waals surface area contributed by atoms with Crippen LogP contribution in [0.1, 0.15) is 25.6 Å². The number of furan rings is 1. The van der Waals surface area contributed by atoms with Crippen molar-refractivity contribution in [2.75, 3.05) is 7.11 Å². The Labute approximate surface area is 111 Å². The van der Waals surface area contributed by atoms with E-state index in [1.807, 2.05) is 32.0 Å². The van der Waals surface area contributed by atoms with Gasteiger partial charge in [0, 0.05) is 17.5 Å². The lowest BCUT2D eigenvalue weighted by Crippen LogP contribution is -2.43. The Morgan fingerprint density at radius 2 is 2.11 bits per heavy atom. The van der Waals surface area contributed by atoms with Crippen LogP contribution in [0.4, 0.5) is 0 Å². The maximum atomic E-state index is 5.95. The fraction of sp³-hybridized carbons (Fsp3) is 0.385. The third kappa shape index (κ3) is 2.37. The predicted molar refractivity (Wildman–Crippen MR) is 72.4 cm³/mol. The number of hydrazine groups is 1. The standard InChI is InChI=1S/C13H17ClN2O2/c1-13(2,17-3)12(16-15)11-7-8-6-9(14)4-5-10(8)18-11/h4-7,12,16H,15H2,1-3H3. The SMILES string of the molecule is COC(C)(C)C(NN)c1cc2cc(Cl)ccc2o1. The second kappa shape index (κ2) is 4.90. The molecule has 0 aliphatic carbocycles. The van der Waals surface area contributed by atoms with Crippen molar-refractivity contribution in [1.29, 1.82) is 0 Å². The van der Waals surface area contributed by atoms with Crippen LogP contribution in [0.3, 0.4) is 0 Å². The van der Waals surface area contributed by atoms with Gasteiger partial charge >= 0.3 is 0 Å². The van der Waals surface area contributed by atoms with Gasteiger partial charge in [0.2, 0.25) is 0 Å². The number of fused-ring (bicyclic) bond motifs is 1. The summed E-state index contributed by atoms with van der Waals surface area (Å²) in [7, 11) is 1.64. The summed E-state index contributed by atoms with van der Waals surface area (Å²) < 4.78 is 11.2. The molecule has 0 saturated carbocycles. The summed E-state index contributed by atoms with van der Waals surface area (Å²) in [5.74, 6) is 6.33. The van der Waals surface area contributed by atoms with Crippen molar-refractivity contribution in [3.63, 3.8) is 0 Å².